The number of aromatic nitrogens is 1. The summed E-state index contributed by atoms with van der Waals surface area (Å²) >= 11 is 0. The minimum Gasteiger partial charge on any atom is -0.409 e. The Balaban J connectivity index is 2.41. The summed E-state index contributed by atoms with van der Waals surface area (Å²) in [6.45, 7) is 0. The highest BCUT2D eigenvalue weighted by atomic mass is 31.2. The molecule has 0 aliphatic rings. The maximum absolute atomic E-state index is 10.4. The van der Waals surface area contributed by atoms with Gasteiger partial charge in [0.25, 0.3) is 0 Å². The van der Waals surface area contributed by atoms with Gasteiger partial charge in [0.15, 0.2) is 5.58 Å². The number of nitrogens with zero attached hydrogens (tertiary/aromatic N) is 1. The summed E-state index contributed by atoms with van der Waals surface area (Å²) in [6, 6.07) is 6.71. The number of benzene rings is 1. The third kappa shape index (κ3) is 1.93. The van der Waals surface area contributed by atoms with Crippen LogP contribution in [0.25, 0.3) is 11.1 Å². The van der Waals surface area contributed by atoms with Crippen molar-refractivity contribution in [2.45, 2.75) is 0 Å². The second-order valence-electron chi connectivity index (χ2n) is 2.53. The lowest BCUT2D eigenvalue weighted by Crippen LogP contribution is -1.89. The van der Waals surface area contributed by atoms with E-state index in [1.54, 1.807) is 24.3 Å². The molecule has 7 heteroatoms. The Morgan fingerprint density at radius 2 is 2.07 bits per heavy atom. The molecule has 1 aromatic carbocycles. The smallest absolute Gasteiger partial charge is 0.409 e. The minimum absolute atomic E-state index is 0.413. The van der Waals surface area contributed by atoms with E-state index >= 15 is 0 Å². The minimum atomic E-state index is -4.60. The maximum atomic E-state index is 10.4. The summed E-state index contributed by atoms with van der Waals surface area (Å²) in [7, 11) is -4.60. The highest BCUT2D eigenvalue weighted by molar-refractivity contribution is 7.46. The standard InChI is InChI=1S/C7H6NO5P/c9-14(10,11)13-7-8-5-3-1-2-4-6(5)12-7/h1-4H,(H2,9,10,11). The monoisotopic (exact) mass is 215 g/mol. The number of hydrogen-bond donors (Lipinski definition) is 2. The van der Waals surface area contributed by atoms with Crippen LogP contribution in [0.5, 0.6) is 6.08 Å². The second-order valence-corrected chi connectivity index (χ2v) is 3.69. The SMILES string of the molecule is O=P(O)(O)Oc1nc2ccccc2o1. The zero-order chi connectivity index (χ0) is 10.2. The largest absolute Gasteiger partial charge is 0.528 e. The van der Waals surface area contributed by atoms with Crippen molar-refractivity contribution < 1.29 is 23.3 Å². The van der Waals surface area contributed by atoms with Crippen molar-refractivity contribution in [3.05, 3.63) is 24.3 Å². The van der Waals surface area contributed by atoms with Crippen molar-refractivity contribution in [1.29, 1.82) is 0 Å². The third-order valence-corrected chi connectivity index (χ3v) is 1.87. The molecule has 0 atom stereocenters. The zero-order valence-corrected chi connectivity index (χ0v) is 7.72. The zero-order valence-electron chi connectivity index (χ0n) is 6.82. The van der Waals surface area contributed by atoms with Crippen LogP contribution in [0.4, 0.5) is 0 Å². The van der Waals surface area contributed by atoms with E-state index in [9.17, 15) is 4.57 Å². The van der Waals surface area contributed by atoms with Gasteiger partial charge in [0.1, 0.15) is 5.52 Å². The number of rotatable bonds is 2. The van der Waals surface area contributed by atoms with E-state index in [4.69, 9.17) is 14.2 Å². The highest BCUT2D eigenvalue weighted by Crippen LogP contribution is 2.37. The molecule has 2 rings (SSSR count). The summed E-state index contributed by atoms with van der Waals surface area (Å²) in [5, 5.41) is 0. The quantitative estimate of drug-likeness (QED) is 0.733. The van der Waals surface area contributed by atoms with Crippen LogP contribution in [0.1, 0.15) is 0 Å². The predicted molar refractivity (Wildman–Crippen MR) is 46.7 cm³/mol. The second kappa shape index (κ2) is 3.09. The molecule has 1 heterocycles. The van der Waals surface area contributed by atoms with Crippen molar-refractivity contribution in [1.82, 2.24) is 4.98 Å². The first-order valence-electron chi connectivity index (χ1n) is 3.65. The van der Waals surface area contributed by atoms with Crippen LogP contribution >= 0.6 is 7.82 Å². The van der Waals surface area contributed by atoms with Crippen LogP contribution in [0, 0.1) is 0 Å². The van der Waals surface area contributed by atoms with Gasteiger partial charge in [0.05, 0.1) is 0 Å². The van der Waals surface area contributed by atoms with Crippen LogP contribution in [0.15, 0.2) is 28.7 Å². The molecule has 0 aliphatic carbocycles. The van der Waals surface area contributed by atoms with Gasteiger partial charge in [-0.2, -0.15) is 4.98 Å². The lowest BCUT2D eigenvalue weighted by atomic mass is 10.3. The fourth-order valence-corrected chi connectivity index (χ4v) is 1.27. The van der Waals surface area contributed by atoms with Gasteiger partial charge in [-0.1, -0.05) is 12.1 Å². The van der Waals surface area contributed by atoms with Gasteiger partial charge < -0.3 is 8.94 Å². The molecule has 0 bridgehead atoms. The fraction of sp³-hybridized carbons (Fsp3) is 0. The molecule has 1 aromatic heterocycles. The molecule has 0 fully saturated rings. The van der Waals surface area contributed by atoms with Crippen molar-refractivity contribution in [2.75, 3.05) is 0 Å². The number of fused-ring (bicyclic) bond motifs is 1. The molecule has 0 saturated heterocycles. The first-order chi connectivity index (χ1) is 6.54. The van der Waals surface area contributed by atoms with E-state index in [1.807, 2.05) is 0 Å². The first kappa shape index (κ1) is 9.21. The topological polar surface area (TPSA) is 92.8 Å². The highest BCUT2D eigenvalue weighted by Gasteiger charge is 2.20. The molecule has 0 spiro atoms. The van der Waals surface area contributed by atoms with Crippen molar-refractivity contribution in [2.24, 2.45) is 0 Å². The van der Waals surface area contributed by atoms with Crippen LogP contribution in [-0.2, 0) is 4.57 Å². The fourth-order valence-electron chi connectivity index (χ4n) is 0.992. The Bertz CT molecular complexity index is 469. The Hall–Kier alpha value is -1.36. The normalized spacial score (nSPS) is 11.9. The van der Waals surface area contributed by atoms with Crippen molar-refractivity contribution >= 4 is 18.9 Å². The van der Waals surface area contributed by atoms with Crippen LogP contribution in [0.3, 0.4) is 0 Å². The molecule has 14 heavy (non-hydrogen) atoms. The molecule has 74 valence electrons. The molecule has 2 aromatic rings. The van der Waals surface area contributed by atoms with Crippen molar-refractivity contribution in [3.63, 3.8) is 0 Å². The predicted octanol–water partition coefficient (Wildman–Crippen LogP) is 1.30. The van der Waals surface area contributed by atoms with Crippen LogP contribution in [-0.4, -0.2) is 14.8 Å². The Kier molecular flexibility index (Phi) is 2.03. The van der Waals surface area contributed by atoms with Gasteiger partial charge >= 0.3 is 13.9 Å². The number of oxazole rings is 1. The number of phosphoric acid groups is 1. The van der Waals surface area contributed by atoms with Gasteiger partial charge in [-0.3, -0.25) is 9.79 Å². The molecule has 0 radical (unpaired) electrons. The van der Waals surface area contributed by atoms with E-state index in [1.165, 1.54) is 0 Å². The van der Waals surface area contributed by atoms with Crippen LogP contribution in [0.2, 0.25) is 0 Å². The molecule has 2 N–H and O–H groups in total. The van der Waals surface area contributed by atoms with Gasteiger partial charge in [0, 0.05) is 0 Å². The third-order valence-electron chi connectivity index (χ3n) is 1.47. The first-order valence-corrected chi connectivity index (χ1v) is 5.18. The van der Waals surface area contributed by atoms with E-state index in [2.05, 4.69) is 9.51 Å². The van der Waals surface area contributed by atoms with Gasteiger partial charge in [-0.05, 0) is 12.1 Å². The molecule has 6 nitrogen and oxygen atoms in total. The molecule has 0 aliphatic heterocycles. The Morgan fingerprint density at radius 1 is 1.36 bits per heavy atom. The van der Waals surface area contributed by atoms with E-state index in [0.29, 0.717) is 11.1 Å². The molecular weight excluding hydrogens is 209 g/mol. The number of hydrogen-bond acceptors (Lipinski definition) is 4. The molecule has 0 saturated carbocycles. The van der Waals surface area contributed by atoms with E-state index in [-0.39, 0.29) is 0 Å². The molecule has 0 amide bonds. The number of para-hydroxylation sites is 2. The number of phosphoric ester groups is 1. The summed E-state index contributed by atoms with van der Waals surface area (Å²) in [6.07, 6.45) is -0.431. The summed E-state index contributed by atoms with van der Waals surface area (Å²) < 4.78 is 19.5. The Morgan fingerprint density at radius 3 is 2.71 bits per heavy atom. The molecule has 0 unspecified atom stereocenters. The summed E-state index contributed by atoms with van der Waals surface area (Å²) in [4.78, 5) is 20.7. The van der Waals surface area contributed by atoms with Gasteiger partial charge in [0.2, 0.25) is 0 Å². The Labute approximate surface area is 78.4 Å². The van der Waals surface area contributed by atoms with E-state index < -0.39 is 13.9 Å². The van der Waals surface area contributed by atoms with Gasteiger partial charge in [-0.15, -0.1) is 0 Å². The van der Waals surface area contributed by atoms with Crippen molar-refractivity contribution in [3.8, 4) is 6.08 Å². The van der Waals surface area contributed by atoms with E-state index in [0.717, 1.165) is 0 Å². The average molecular weight is 215 g/mol. The average Bonchev–Trinajstić information content (AvgIpc) is 2.42. The summed E-state index contributed by atoms with van der Waals surface area (Å²) in [5.74, 6) is 0. The molecular formula is C7H6NO5P. The summed E-state index contributed by atoms with van der Waals surface area (Å²) in [5.41, 5.74) is 0.895. The lowest BCUT2D eigenvalue weighted by molar-refractivity contribution is 0.252. The maximum Gasteiger partial charge on any atom is 0.528 e. The lowest BCUT2D eigenvalue weighted by Gasteiger charge is -1.99. The van der Waals surface area contributed by atoms with Crippen LogP contribution < -0.4 is 4.52 Å². The van der Waals surface area contributed by atoms with Gasteiger partial charge in [-0.25, -0.2) is 4.57 Å².